The van der Waals surface area contributed by atoms with Gasteiger partial charge in [-0.15, -0.1) is 0 Å². The van der Waals surface area contributed by atoms with E-state index in [9.17, 15) is 13.2 Å². The van der Waals surface area contributed by atoms with Crippen molar-refractivity contribution in [3.8, 4) is 0 Å². The zero-order valence-electron chi connectivity index (χ0n) is 13.8. The van der Waals surface area contributed by atoms with Crippen LogP contribution in [0.4, 0.5) is 10.5 Å². The highest BCUT2D eigenvalue weighted by atomic mass is 32.2. The molecule has 0 atom stereocenters. The Balaban J connectivity index is 2.21. The number of anilines is 1. The van der Waals surface area contributed by atoms with Gasteiger partial charge in [-0.05, 0) is 35.8 Å². The molecule has 0 unspecified atom stereocenters. The summed E-state index contributed by atoms with van der Waals surface area (Å²) in [5, 5.41) is 14.9. The van der Waals surface area contributed by atoms with Crippen molar-refractivity contribution in [3.63, 3.8) is 0 Å². The number of aryl methyl sites for hydroxylation is 1. The maximum Gasteiger partial charge on any atom is 0.409 e. The van der Waals surface area contributed by atoms with Crippen LogP contribution in [0.5, 0.6) is 0 Å². The van der Waals surface area contributed by atoms with Crippen LogP contribution in [0.25, 0.3) is 0 Å². The number of carbonyl (C=O) groups is 1. The van der Waals surface area contributed by atoms with Crippen LogP contribution in [0.1, 0.15) is 11.1 Å². The minimum absolute atomic E-state index is 0.0103. The minimum Gasteiger partial charge on any atom is -0.471 e. The number of carboxylic acid groups (broad SMARTS) is 1. The second kappa shape index (κ2) is 7.04. The quantitative estimate of drug-likeness (QED) is 0.848. The summed E-state index contributed by atoms with van der Waals surface area (Å²) in [4.78, 5) is 15.8. The first kappa shape index (κ1) is 17.7. The van der Waals surface area contributed by atoms with E-state index >= 15 is 0 Å². The Morgan fingerprint density at radius 2 is 1.92 bits per heavy atom. The molecular formula is C17H16N2O6S. The standard InChI is InChI=1S/C17H16N2O6S/c1-11-5-4-6-12(16-19-25-10-9-24-16)15(11)26(22,23)14-8-3-2-7-13(14)18-17(20)21/h2-8,18H,9-10H2,1H3,(H,20,21). The van der Waals surface area contributed by atoms with Crippen LogP contribution in [0.2, 0.25) is 0 Å². The number of para-hydroxylation sites is 1. The number of benzene rings is 2. The average molecular weight is 376 g/mol. The number of nitrogens with one attached hydrogen (secondary N) is 1. The summed E-state index contributed by atoms with van der Waals surface area (Å²) in [6.07, 6.45) is -1.36. The highest BCUT2D eigenvalue weighted by Crippen LogP contribution is 2.32. The van der Waals surface area contributed by atoms with Gasteiger partial charge in [0.15, 0.2) is 6.61 Å². The van der Waals surface area contributed by atoms with E-state index in [1.807, 2.05) is 0 Å². The third-order valence-electron chi connectivity index (χ3n) is 3.69. The van der Waals surface area contributed by atoms with Crippen molar-refractivity contribution < 1.29 is 27.9 Å². The second-order valence-corrected chi connectivity index (χ2v) is 7.31. The number of hydrogen-bond donors (Lipinski definition) is 2. The Morgan fingerprint density at radius 3 is 2.62 bits per heavy atom. The Morgan fingerprint density at radius 1 is 1.15 bits per heavy atom. The molecule has 0 saturated heterocycles. The minimum atomic E-state index is -4.07. The van der Waals surface area contributed by atoms with Crippen molar-refractivity contribution in [2.75, 3.05) is 18.5 Å². The van der Waals surface area contributed by atoms with Crippen molar-refractivity contribution in [1.82, 2.24) is 0 Å². The lowest BCUT2D eigenvalue weighted by Gasteiger charge is -2.18. The molecule has 1 aliphatic rings. The molecule has 9 heteroatoms. The lowest BCUT2D eigenvalue weighted by atomic mass is 10.1. The van der Waals surface area contributed by atoms with E-state index in [1.165, 1.54) is 18.2 Å². The summed E-state index contributed by atoms with van der Waals surface area (Å²) in [6.45, 7) is 2.18. The van der Waals surface area contributed by atoms with E-state index in [1.54, 1.807) is 31.2 Å². The van der Waals surface area contributed by atoms with Gasteiger partial charge in [-0.25, -0.2) is 13.2 Å². The van der Waals surface area contributed by atoms with E-state index in [0.29, 0.717) is 5.56 Å². The summed E-state index contributed by atoms with van der Waals surface area (Å²) >= 11 is 0. The first-order valence-electron chi connectivity index (χ1n) is 7.68. The molecule has 0 radical (unpaired) electrons. The van der Waals surface area contributed by atoms with Crippen LogP contribution >= 0.6 is 0 Å². The predicted molar refractivity (Wildman–Crippen MR) is 93.2 cm³/mol. The van der Waals surface area contributed by atoms with Crippen molar-refractivity contribution in [2.24, 2.45) is 5.16 Å². The molecule has 0 bridgehead atoms. The van der Waals surface area contributed by atoms with E-state index in [4.69, 9.17) is 14.7 Å². The first-order valence-corrected chi connectivity index (χ1v) is 9.16. The van der Waals surface area contributed by atoms with Crippen LogP contribution in [0.3, 0.4) is 0 Å². The predicted octanol–water partition coefficient (Wildman–Crippen LogP) is 2.63. The number of sulfone groups is 1. The van der Waals surface area contributed by atoms with Gasteiger partial charge in [0, 0.05) is 0 Å². The molecule has 0 saturated carbocycles. The third kappa shape index (κ3) is 3.33. The van der Waals surface area contributed by atoms with Crippen LogP contribution in [-0.2, 0) is 19.4 Å². The zero-order valence-corrected chi connectivity index (χ0v) is 14.6. The summed E-state index contributed by atoms with van der Waals surface area (Å²) in [5.41, 5.74) is 0.705. The van der Waals surface area contributed by atoms with Crippen LogP contribution in [0, 0.1) is 6.92 Å². The van der Waals surface area contributed by atoms with Gasteiger partial charge in [0.1, 0.15) is 6.61 Å². The van der Waals surface area contributed by atoms with Gasteiger partial charge in [0.2, 0.25) is 9.84 Å². The summed E-state index contributed by atoms with van der Waals surface area (Å²) in [6, 6.07) is 10.7. The molecule has 136 valence electrons. The normalized spacial score (nSPS) is 14.0. The maximum atomic E-state index is 13.3. The lowest BCUT2D eigenvalue weighted by molar-refractivity contribution is 0.0653. The van der Waals surface area contributed by atoms with Crippen molar-refractivity contribution in [2.45, 2.75) is 16.7 Å². The molecule has 8 nitrogen and oxygen atoms in total. The molecule has 2 N–H and O–H groups in total. The molecule has 2 aromatic carbocycles. The molecule has 1 amide bonds. The van der Waals surface area contributed by atoms with Crippen LogP contribution < -0.4 is 5.32 Å². The highest BCUT2D eigenvalue weighted by Gasteiger charge is 2.29. The highest BCUT2D eigenvalue weighted by molar-refractivity contribution is 7.91. The number of rotatable bonds is 4. The zero-order chi connectivity index (χ0) is 18.7. The topological polar surface area (TPSA) is 114 Å². The molecule has 0 aliphatic carbocycles. The molecular weight excluding hydrogens is 360 g/mol. The summed E-state index contributed by atoms with van der Waals surface area (Å²) in [5.74, 6) is 0.0715. The van der Waals surface area contributed by atoms with Crippen molar-refractivity contribution in [1.29, 1.82) is 0 Å². The molecule has 0 spiro atoms. The molecule has 2 aromatic rings. The number of amides is 1. The smallest absolute Gasteiger partial charge is 0.409 e. The van der Waals surface area contributed by atoms with Crippen molar-refractivity contribution in [3.05, 3.63) is 53.6 Å². The maximum absolute atomic E-state index is 13.3. The fourth-order valence-electron chi connectivity index (χ4n) is 2.64. The SMILES string of the molecule is Cc1cccc(C2=NOCCO2)c1S(=O)(=O)c1ccccc1NC(=O)O. The largest absolute Gasteiger partial charge is 0.471 e. The molecule has 26 heavy (non-hydrogen) atoms. The van der Waals surface area contributed by atoms with Crippen molar-refractivity contribution >= 4 is 27.5 Å². The van der Waals surface area contributed by atoms with Gasteiger partial charge in [0.25, 0.3) is 5.90 Å². The van der Waals surface area contributed by atoms with E-state index in [0.717, 1.165) is 0 Å². The van der Waals surface area contributed by atoms with Gasteiger partial charge in [-0.3, -0.25) is 5.32 Å². The number of nitrogens with zero attached hydrogens (tertiary/aromatic N) is 1. The summed E-state index contributed by atoms with van der Waals surface area (Å²) < 4.78 is 32.1. The fraction of sp³-hybridized carbons (Fsp3) is 0.176. The van der Waals surface area contributed by atoms with Crippen LogP contribution in [0.15, 0.2) is 57.4 Å². The Kier molecular flexibility index (Phi) is 4.81. The monoisotopic (exact) mass is 376 g/mol. The fourth-order valence-corrected chi connectivity index (χ4v) is 4.46. The Bertz CT molecular complexity index is 984. The molecule has 3 rings (SSSR count). The second-order valence-electron chi connectivity index (χ2n) is 5.46. The van der Waals surface area contributed by atoms with E-state index in [2.05, 4.69) is 10.5 Å². The van der Waals surface area contributed by atoms with Gasteiger partial charge < -0.3 is 14.7 Å². The third-order valence-corrected chi connectivity index (χ3v) is 5.70. The van der Waals surface area contributed by atoms with E-state index < -0.39 is 15.9 Å². The molecule has 0 aromatic heterocycles. The Labute approximate surface area is 150 Å². The Hall–Kier alpha value is -3.07. The van der Waals surface area contributed by atoms with Gasteiger partial charge in [-0.2, -0.15) is 0 Å². The number of hydrogen-bond acceptors (Lipinski definition) is 6. The molecule has 1 aliphatic heterocycles. The van der Waals surface area contributed by atoms with Gasteiger partial charge in [0.05, 0.1) is 21.0 Å². The average Bonchev–Trinajstić information content (AvgIpc) is 2.62. The van der Waals surface area contributed by atoms with Crippen LogP contribution in [-0.4, -0.2) is 38.7 Å². The number of ether oxygens (including phenoxy) is 1. The van der Waals surface area contributed by atoms with Gasteiger partial charge >= 0.3 is 6.09 Å². The molecule has 1 heterocycles. The molecule has 0 fully saturated rings. The lowest BCUT2D eigenvalue weighted by Crippen LogP contribution is -2.21. The van der Waals surface area contributed by atoms with E-state index in [-0.39, 0.29) is 40.2 Å². The first-order chi connectivity index (χ1) is 12.4. The number of oxime groups is 1. The summed E-state index contributed by atoms with van der Waals surface area (Å²) in [7, 11) is -4.07. The van der Waals surface area contributed by atoms with Gasteiger partial charge in [-0.1, -0.05) is 24.3 Å².